The van der Waals surface area contributed by atoms with E-state index in [1.807, 2.05) is 0 Å². The van der Waals surface area contributed by atoms with Crippen LogP contribution in [0.5, 0.6) is 0 Å². The Morgan fingerprint density at radius 2 is 1.60 bits per heavy atom. The van der Waals surface area contributed by atoms with Gasteiger partial charge in [0.05, 0.1) is 0 Å². The number of rotatable bonds is 7. The van der Waals surface area contributed by atoms with E-state index in [1.165, 1.54) is 38.5 Å². The first-order valence-corrected chi connectivity index (χ1v) is 6.16. The van der Waals surface area contributed by atoms with Gasteiger partial charge in [-0.3, -0.25) is 0 Å². The standard InChI is InChI=1S/C8H18OSe/c1-2-3-4-5-6-7-8-10-9/h9H,2-8H2,1H3. The van der Waals surface area contributed by atoms with Crippen molar-refractivity contribution in [1.29, 1.82) is 0 Å². The van der Waals surface area contributed by atoms with Crippen molar-refractivity contribution in [2.24, 2.45) is 0 Å². The average molecular weight is 209 g/mol. The van der Waals surface area contributed by atoms with E-state index in [0.29, 0.717) is 0 Å². The first-order chi connectivity index (χ1) is 4.91. The van der Waals surface area contributed by atoms with Crippen LogP contribution in [0.25, 0.3) is 0 Å². The van der Waals surface area contributed by atoms with Crippen LogP contribution in [0.4, 0.5) is 0 Å². The third kappa shape index (κ3) is 8.48. The van der Waals surface area contributed by atoms with Crippen LogP contribution in [0, 0.1) is 0 Å². The fourth-order valence-corrected chi connectivity index (χ4v) is 1.65. The van der Waals surface area contributed by atoms with E-state index < -0.39 is 0 Å². The van der Waals surface area contributed by atoms with Crippen LogP contribution in [0.2, 0.25) is 5.32 Å². The van der Waals surface area contributed by atoms with E-state index in [4.69, 9.17) is 4.19 Å². The van der Waals surface area contributed by atoms with Gasteiger partial charge in [-0.15, -0.1) is 0 Å². The third-order valence-corrected chi connectivity index (χ3v) is 2.58. The van der Waals surface area contributed by atoms with Crippen molar-refractivity contribution < 1.29 is 4.19 Å². The second-order valence-electron chi connectivity index (χ2n) is 2.60. The molecule has 0 bridgehead atoms. The second kappa shape index (κ2) is 9.48. The molecular formula is C8H18OSe. The van der Waals surface area contributed by atoms with Crippen LogP contribution < -0.4 is 0 Å². The molecule has 0 heterocycles. The van der Waals surface area contributed by atoms with Crippen LogP contribution in [-0.4, -0.2) is 19.5 Å². The Balaban J connectivity index is 2.65. The Hall–Kier alpha value is 0.479. The summed E-state index contributed by atoms with van der Waals surface area (Å²) in [6, 6.07) is 0. The zero-order chi connectivity index (χ0) is 7.66. The molecule has 62 valence electrons. The Kier molecular flexibility index (Phi) is 9.93. The maximum absolute atomic E-state index is 8.53. The van der Waals surface area contributed by atoms with Crippen molar-refractivity contribution in [3.05, 3.63) is 0 Å². The van der Waals surface area contributed by atoms with Gasteiger partial charge >= 0.3 is 70.2 Å². The van der Waals surface area contributed by atoms with Crippen molar-refractivity contribution in [1.82, 2.24) is 0 Å². The van der Waals surface area contributed by atoms with E-state index in [-0.39, 0.29) is 15.3 Å². The zero-order valence-electron chi connectivity index (χ0n) is 6.81. The van der Waals surface area contributed by atoms with Gasteiger partial charge in [-0.1, -0.05) is 0 Å². The van der Waals surface area contributed by atoms with E-state index in [0.717, 1.165) is 5.32 Å². The van der Waals surface area contributed by atoms with Gasteiger partial charge in [0, 0.05) is 0 Å². The van der Waals surface area contributed by atoms with Gasteiger partial charge in [0.15, 0.2) is 0 Å². The van der Waals surface area contributed by atoms with Crippen molar-refractivity contribution in [2.75, 3.05) is 0 Å². The van der Waals surface area contributed by atoms with Gasteiger partial charge < -0.3 is 0 Å². The molecule has 2 heteroatoms. The van der Waals surface area contributed by atoms with Crippen LogP contribution in [0.1, 0.15) is 45.4 Å². The van der Waals surface area contributed by atoms with Crippen molar-refractivity contribution in [2.45, 2.75) is 50.8 Å². The van der Waals surface area contributed by atoms with Crippen LogP contribution in [-0.2, 0) is 0 Å². The normalized spacial score (nSPS) is 10.2. The number of unbranched alkanes of at least 4 members (excludes halogenated alkanes) is 5. The fraction of sp³-hybridized carbons (Fsp3) is 1.00. The molecule has 0 aromatic heterocycles. The van der Waals surface area contributed by atoms with Gasteiger partial charge in [0.2, 0.25) is 0 Å². The van der Waals surface area contributed by atoms with Gasteiger partial charge in [-0.2, -0.15) is 0 Å². The Morgan fingerprint density at radius 3 is 2.20 bits per heavy atom. The fourth-order valence-electron chi connectivity index (χ4n) is 0.947. The predicted molar refractivity (Wildman–Crippen MR) is 46.2 cm³/mol. The molecule has 0 radical (unpaired) electrons. The molecule has 0 aromatic rings. The Morgan fingerprint density at radius 1 is 1.00 bits per heavy atom. The molecule has 1 N–H and O–H groups in total. The summed E-state index contributed by atoms with van der Waals surface area (Å²) in [4.78, 5) is 0. The molecule has 0 spiro atoms. The van der Waals surface area contributed by atoms with Crippen molar-refractivity contribution >= 4 is 15.3 Å². The topological polar surface area (TPSA) is 20.2 Å². The SMILES string of the molecule is CCCCCCCC[Se]O. The summed E-state index contributed by atoms with van der Waals surface area (Å²) >= 11 is -0.0786. The van der Waals surface area contributed by atoms with E-state index in [9.17, 15) is 0 Å². The van der Waals surface area contributed by atoms with Crippen LogP contribution >= 0.6 is 0 Å². The minimum absolute atomic E-state index is 0.0786. The monoisotopic (exact) mass is 210 g/mol. The quantitative estimate of drug-likeness (QED) is 0.504. The third-order valence-electron chi connectivity index (χ3n) is 1.59. The summed E-state index contributed by atoms with van der Waals surface area (Å²) in [6.45, 7) is 2.23. The predicted octanol–water partition coefficient (Wildman–Crippen LogP) is 2.38. The molecule has 0 aliphatic carbocycles. The molecule has 0 rings (SSSR count). The van der Waals surface area contributed by atoms with Crippen LogP contribution in [0.15, 0.2) is 0 Å². The average Bonchev–Trinajstić information content (AvgIpc) is 1.97. The van der Waals surface area contributed by atoms with Gasteiger partial charge in [0.25, 0.3) is 0 Å². The first kappa shape index (κ1) is 10.5. The summed E-state index contributed by atoms with van der Waals surface area (Å²) in [6.07, 6.45) is 8.01. The van der Waals surface area contributed by atoms with Gasteiger partial charge in [0.1, 0.15) is 0 Å². The zero-order valence-corrected chi connectivity index (χ0v) is 8.52. The molecule has 0 aliphatic rings. The number of hydrogen-bond acceptors (Lipinski definition) is 1. The minimum atomic E-state index is -0.0786. The molecule has 0 saturated carbocycles. The van der Waals surface area contributed by atoms with Crippen molar-refractivity contribution in [3.63, 3.8) is 0 Å². The molecule has 0 aromatic carbocycles. The Bertz CT molecular complexity index is 49.2. The number of hydrogen-bond donors (Lipinski definition) is 1. The summed E-state index contributed by atoms with van der Waals surface area (Å²) in [5, 5.41) is 1.05. The molecule has 0 amide bonds. The van der Waals surface area contributed by atoms with E-state index >= 15 is 0 Å². The second-order valence-corrected chi connectivity index (χ2v) is 4.00. The molecule has 0 unspecified atom stereocenters. The first-order valence-electron chi connectivity index (χ1n) is 4.18. The molecule has 0 atom stereocenters. The Labute approximate surface area is 70.7 Å². The molecule has 0 fully saturated rings. The summed E-state index contributed by atoms with van der Waals surface area (Å²) in [7, 11) is 0. The summed E-state index contributed by atoms with van der Waals surface area (Å²) in [5.41, 5.74) is 0. The van der Waals surface area contributed by atoms with Crippen LogP contribution in [0.3, 0.4) is 0 Å². The molecule has 0 saturated heterocycles. The van der Waals surface area contributed by atoms with E-state index in [2.05, 4.69) is 6.92 Å². The molecule has 10 heavy (non-hydrogen) atoms. The van der Waals surface area contributed by atoms with Crippen molar-refractivity contribution in [3.8, 4) is 0 Å². The summed E-state index contributed by atoms with van der Waals surface area (Å²) in [5.74, 6) is 0. The van der Waals surface area contributed by atoms with E-state index in [1.54, 1.807) is 0 Å². The van der Waals surface area contributed by atoms with Gasteiger partial charge in [-0.25, -0.2) is 0 Å². The molecule has 0 aliphatic heterocycles. The maximum atomic E-state index is 8.53. The summed E-state index contributed by atoms with van der Waals surface area (Å²) < 4.78 is 8.53. The van der Waals surface area contributed by atoms with Gasteiger partial charge in [-0.05, 0) is 0 Å². The molecule has 1 nitrogen and oxygen atoms in total. The molecular weight excluding hydrogens is 191 g/mol.